The van der Waals surface area contributed by atoms with Crippen LogP contribution in [0.25, 0.3) is 0 Å². The van der Waals surface area contributed by atoms with Crippen molar-refractivity contribution in [2.24, 2.45) is 0 Å². The molecule has 2 heterocycles. The van der Waals surface area contributed by atoms with Crippen molar-refractivity contribution in [2.75, 3.05) is 0 Å². The second kappa shape index (κ2) is 3.25. The first-order chi connectivity index (χ1) is 5.84. The van der Waals surface area contributed by atoms with E-state index >= 15 is 0 Å². The van der Waals surface area contributed by atoms with Gasteiger partial charge in [-0.3, -0.25) is 5.10 Å². The third kappa shape index (κ3) is 1.65. The van der Waals surface area contributed by atoms with Crippen molar-refractivity contribution >= 4 is 22.9 Å². The predicted octanol–water partition coefficient (Wildman–Crippen LogP) is 2.11. The largest absolute Gasteiger partial charge is 0.261 e. The van der Waals surface area contributed by atoms with Crippen LogP contribution >= 0.6 is 22.9 Å². The van der Waals surface area contributed by atoms with E-state index in [0.29, 0.717) is 0 Å². The molecule has 0 unspecified atom stereocenters. The maximum Gasteiger partial charge on any atom is 0.242 e. The number of thiophene rings is 1. The molecular formula is C7H6ClN3S. The molecule has 0 bridgehead atoms. The SMILES string of the molecule is Clc1n[nH]c(Cc2cccs2)n1. The van der Waals surface area contributed by atoms with Gasteiger partial charge in [0.2, 0.25) is 5.28 Å². The maximum absolute atomic E-state index is 5.55. The highest BCUT2D eigenvalue weighted by atomic mass is 35.5. The third-order valence-electron chi connectivity index (χ3n) is 1.43. The molecule has 62 valence electrons. The number of H-pyrrole nitrogens is 1. The first-order valence-corrected chi connectivity index (χ1v) is 4.69. The summed E-state index contributed by atoms with van der Waals surface area (Å²) in [4.78, 5) is 5.24. The minimum absolute atomic E-state index is 0.279. The molecule has 12 heavy (non-hydrogen) atoms. The summed E-state index contributed by atoms with van der Waals surface area (Å²) in [6.07, 6.45) is 0.775. The molecule has 2 aromatic heterocycles. The van der Waals surface area contributed by atoms with Crippen molar-refractivity contribution in [3.05, 3.63) is 33.5 Å². The van der Waals surface area contributed by atoms with Crippen molar-refractivity contribution in [1.29, 1.82) is 0 Å². The lowest BCUT2D eigenvalue weighted by Crippen LogP contribution is -1.86. The highest BCUT2D eigenvalue weighted by Crippen LogP contribution is 2.12. The fourth-order valence-corrected chi connectivity index (χ4v) is 1.78. The summed E-state index contributed by atoms with van der Waals surface area (Å²) in [6, 6.07) is 4.07. The molecule has 2 aromatic rings. The van der Waals surface area contributed by atoms with Crippen LogP contribution in [0.1, 0.15) is 10.7 Å². The van der Waals surface area contributed by atoms with Crippen molar-refractivity contribution in [3.8, 4) is 0 Å². The number of aromatic nitrogens is 3. The van der Waals surface area contributed by atoms with E-state index in [1.807, 2.05) is 11.4 Å². The second-order valence-electron chi connectivity index (χ2n) is 2.31. The van der Waals surface area contributed by atoms with E-state index in [1.165, 1.54) is 4.88 Å². The van der Waals surface area contributed by atoms with Gasteiger partial charge in [-0.05, 0) is 23.0 Å². The van der Waals surface area contributed by atoms with Gasteiger partial charge in [0, 0.05) is 11.3 Å². The van der Waals surface area contributed by atoms with E-state index in [2.05, 4.69) is 21.2 Å². The van der Waals surface area contributed by atoms with Crippen LogP contribution < -0.4 is 0 Å². The molecule has 0 radical (unpaired) electrons. The number of halogens is 1. The van der Waals surface area contributed by atoms with Gasteiger partial charge < -0.3 is 0 Å². The van der Waals surface area contributed by atoms with E-state index < -0.39 is 0 Å². The lowest BCUT2D eigenvalue weighted by molar-refractivity contribution is 0.983. The highest BCUT2D eigenvalue weighted by Gasteiger charge is 2.01. The van der Waals surface area contributed by atoms with Crippen LogP contribution in [0.3, 0.4) is 0 Å². The topological polar surface area (TPSA) is 41.6 Å². The molecule has 0 aliphatic carbocycles. The van der Waals surface area contributed by atoms with E-state index in [4.69, 9.17) is 11.6 Å². The van der Waals surface area contributed by atoms with Gasteiger partial charge >= 0.3 is 0 Å². The van der Waals surface area contributed by atoms with Crippen molar-refractivity contribution in [3.63, 3.8) is 0 Å². The van der Waals surface area contributed by atoms with Crippen LogP contribution in [0.4, 0.5) is 0 Å². The summed E-state index contributed by atoms with van der Waals surface area (Å²) in [5.74, 6) is 0.808. The molecule has 0 aliphatic heterocycles. The standard InChI is InChI=1S/C7H6ClN3S/c8-7-9-6(10-11-7)4-5-2-1-3-12-5/h1-3H,4H2,(H,9,10,11). The molecule has 0 aromatic carbocycles. The molecule has 0 atom stereocenters. The van der Waals surface area contributed by atoms with Gasteiger partial charge in [-0.1, -0.05) is 6.07 Å². The van der Waals surface area contributed by atoms with E-state index in [9.17, 15) is 0 Å². The Morgan fingerprint density at radius 1 is 1.58 bits per heavy atom. The molecule has 0 aliphatic rings. The Bertz CT molecular complexity index is 354. The Morgan fingerprint density at radius 2 is 2.50 bits per heavy atom. The summed E-state index contributed by atoms with van der Waals surface area (Å²) in [6.45, 7) is 0. The number of nitrogens with one attached hydrogen (secondary N) is 1. The van der Waals surface area contributed by atoms with Crippen LogP contribution in [-0.2, 0) is 6.42 Å². The summed E-state index contributed by atoms with van der Waals surface area (Å²) in [5, 5.41) is 8.80. The molecule has 0 amide bonds. The van der Waals surface area contributed by atoms with Gasteiger partial charge in [-0.2, -0.15) is 0 Å². The smallest absolute Gasteiger partial charge is 0.242 e. The predicted molar refractivity (Wildman–Crippen MR) is 48.5 cm³/mol. The Kier molecular flexibility index (Phi) is 2.10. The molecule has 5 heteroatoms. The average Bonchev–Trinajstić information content (AvgIpc) is 2.63. The maximum atomic E-state index is 5.55. The van der Waals surface area contributed by atoms with E-state index in [-0.39, 0.29) is 5.28 Å². The fourth-order valence-electron chi connectivity index (χ4n) is 0.929. The first kappa shape index (κ1) is 7.76. The molecule has 3 nitrogen and oxygen atoms in total. The number of hydrogen-bond donors (Lipinski definition) is 1. The lowest BCUT2D eigenvalue weighted by Gasteiger charge is -1.88. The minimum Gasteiger partial charge on any atom is -0.261 e. The number of nitrogens with zero attached hydrogens (tertiary/aromatic N) is 2. The van der Waals surface area contributed by atoms with E-state index in [0.717, 1.165) is 12.2 Å². The average molecular weight is 200 g/mol. The normalized spacial score (nSPS) is 10.4. The van der Waals surface area contributed by atoms with Gasteiger partial charge in [-0.25, -0.2) is 4.98 Å². The third-order valence-corrected chi connectivity index (χ3v) is 2.47. The van der Waals surface area contributed by atoms with Gasteiger partial charge in [0.15, 0.2) is 0 Å². The minimum atomic E-state index is 0.279. The van der Waals surface area contributed by atoms with Gasteiger partial charge in [0.1, 0.15) is 5.82 Å². The molecule has 0 saturated carbocycles. The zero-order chi connectivity index (χ0) is 8.39. The molecule has 2 rings (SSSR count). The van der Waals surface area contributed by atoms with Gasteiger partial charge in [0.25, 0.3) is 0 Å². The van der Waals surface area contributed by atoms with Crippen molar-refractivity contribution < 1.29 is 0 Å². The zero-order valence-corrected chi connectivity index (χ0v) is 7.69. The molecule has 0 fully saturated rings. The summed E-state index contributed by atoms with van der Waals surface area (Å²) in [7, 11) is 0. The van der Waals surface area contributed by atoms with Crippen LogP contribution in [0.5, 0.6) is 0 Å². The number of hydrogen-bond acceptors (Lipinski definition) is 3. The Hall–Kier alpha value is -0.870. The Balaban J connectivity index is 2.14. The van der Waals surface area contributed by atoms with Gasteiger partial charge in [0.05, 0.1) is 0 Å². The number of aromatic amines is 1. The lowest BCUT2D eigenvalue weighted by atomic mass is 10.3. The van der Waals surface area contributed by atoms with Crippen LogP contribution in [0.15, 0.2) is 17.5 Å². The van der Waals surface area contributed by atoms with Crippen LogP contribution in [0, 0.1) is 0 Å². The van der Waals surface area contributed by atoms with Crippen LogP contribution in [0.2, 0.25) is 5.28 Å². The number of rotatable bonds is 2. The quantitative estimate of drug-likeness (QED) is 0.805. The molecule has 0 saturated heterocycles. The monoisotopic (exact) mass is 199 g/mol. The van der Waals surface area contributed by atoms with Crippen molar-refractivity contribution in [1.82, 2.24) is 15.2 Å². The second-order valence-corrected chi connectivity index (χ2v) is 3.68. The van der Waals surface area contributed by atoms with E-state index in [1.54, 1.807) is 11.3 Å². The first-order valence-electron chi connectivity index (χ1n) is 3.44. The highest BCUT2D eigenvalue weighted by molar-refractivity contribution is 7.09. The fraction of sp³-hybridized carbons (Fsp3) is 0.143. The molecule has 0 spiro atoms. The molecule has 1 N–H and O–H groups in total. The van der Waals surface area contributed by atoms with Crippen molar-refractivity contribution in [2.45, 2.75) is 6.42 Å². The molecular weight excluding hydrogens is 194 g/mol. The van der Waals surface area contributed by atoms with Gasteiger partial charge in [-0.15, -0.1) is 16.4 Å². The Labute approximate surface area is 78.4 Å². The Morgan fingerprint density at radius 3 is 3.08 bits per heavy atom. The summed E-state index contributed by atoms with van der Waals surface area (Å²) < 4.78 is 0. The summed E-state index contributed by atoms with van der Waals surface area (Å²) in [5.41, 5.74) is 0. The van der Waals surface area contributed by atoms with Crippen LogP contribution in [-0.4, -0.2) is 15.2 Å². The summed E-state index contributed by atoms with van der Waals surface area (Å²) >= 11 is 7.25. The zero-order valence-electron chi connectivity index (χ0n) is 6.12.